The van der Waals surface area contributed by atoms with Crippen molar-refractivity contribution in [1.29, 1.82) is 0 Å². The summed E-state index contributed by atoms with van der Waals surface area (Å²) in [6.45, 7) is 3.84. The molecule has 13 nitrogen and oxygen atoms in total. The quantitative estimate of drug-likeness (QED) is 0.221. The predicted molar refractivity (Wildman–Crippen MR) is 138 cm³/mol. The van der Waals surface area contributed by atoms with Gasteiger partial charge in [0.1, 0.15) is 12.4 Å². The Kier molecular flexibility index (Phi) is 11.0. The van der Waals surface area contributed by atoms with Crippen LogP contribution < -0.4 is 32.8 Å². The number of aryl methyl sites for hydroxylation is 2. The second-order valence-electron chi connectivity index (χ2n) is 8.12. The minimum Gasteiger partial charge on any atom is -0.475 e. The summed E-state index contributed by atoms with van der Waals surface area (Å²) in [5.41, 5.74) is 12.9. The molecule has 3 amide bonds. The van der Waals surface area contributed by atoms with Crippen LogP contribution in [0.2, 0.25) is 0 Å². The number of nitrogens with zero attached hydrogens (tertiary/aromatic N) is 3. The third kappa shape index (κ3) is 9.96. The highest BCUT2D eigenvalue weighted by molar-refractivity contribution is 5.76. The number of nitrogen functional groups attached to an aromatic ring is 1. The van der Waals surface area contributed by atoms with Crippen LogP contribution in [0.1, 0.15) is 22.5 Å². The number of pyridine rings is 1. The van der Waals surface area contributed by atoms with Crippen molar-refractivity contribution in [3.05, 3.63) is 81.5 Å². The molecule has 0 unspecified atom stereocenters. The Hall–Kier alpha value is -5.15. The number of anilines is 2. The van der Waals surface area contributed by atoms with Crippen molar-refractivity contribution in [2.45, 2.75) is 39.7 Å². The van der Waals surface area contributed by atoms with Crippen LogP contribution in [0.3, 0.4) is 0 Å². The van der Waals surface area contributed by atoms with Gasteiger partial charge in [-0.15, -0.1) is 0 Å². The fourth-order valence-corrected chi connectivity index (χ4v) is 2.98. The topological polar surface area (TPSA) is 193 Å². The molecule has 3 rings (SSSR count). The lowest BCUT2D eigenvalue weighted by Crippen LogP contribution is -2.41. The van der Waals surface area contributed by atoms with Gasteiger partial charge in [-0.3, -0.25) is 25.0 Å². The number of nitrogens with two attached hydrogens (primary N) is 1. The number of carboxylic acid groups (broad SMARTS) is 1. The first-order valence-corrected chi connectivity index (χ1v) is 11.5. The Morgan fingerprint density at radius 1 is 1.02 bits per heavy atom. The molecule has 214 valence electrons. The minimum atomic E-state index is -5.08. The smallest absolute Gasteiger partial charge is 0.475 e. The summed E-state index contributed by atoms with van der Waals surface area (Å²) in [6, 6.07) is 12.3. The van der Waals surface area contributed by atoms with Gasteiger partial charge in [0.15, 0.2) is 0 Å². The van der Waals surface area contributed by atoms with E-state index in [0.717, 1.165) is 16.8 Å². The predicted octanol–water partition coefficient (Wildman–Crippen LogP) is 1.61. The van der Waals surface area contributed by atoms with E-state index < -0.39 is 23.7 Å². The molecule has 16 heteroatoms. The Morgan fingerprint density at radius 3 is 2.27 bits per heavy atom. The Labute approximate surface area is 225 Å². The molecule has 0 atom stereocenters. The number of carbonyl (C=O) groups excluding carboxylic acids is 2. The first-order chi connectivity index (χ1) is 18.8. The molecular weight excluding hydrogens is 537 g/mol. The average molecular weight is 565 g/mol. The lowest BCUT2D eigenvalue weighted by Gasteiger charge is -2.14. The summed E-state index contributed by atoms with van der Waals surface area (Å²) in [6.07, 6.45) is -3.64. The number of benzene rings is 1. The number of carbonyl (C=O) groups is 3. The lowest BCUT2D eigenvalue weighted by molar-refractivity contribution is -0.192. The van der Waals surface area contributed by atoms with Gasteiger partial charge in [0.2, 0.25) is 11.7 Å². The summed E-state index contributed by atoms with van der Waals surface area (Å²) < 4.78 is 33.0. The van der Waals surface area contributed by atoms with E-state index in [2.05, 4.69) is 31.5 Å². The van der Waals surface area contributed by atoms with Gasteiger partial charge < -0.3 is 21.5 Å². The molecule has 7 N–H and O–H groups in total. The number of hydrogen-bond acceptors (Lipinski definition) is 8. The molecule has 1 aromatic carbocycles. The van der Waals surface area contributed by atoms with Crippen LogP contribution in [0.4, 0.5) is 29.6 Å². The van der Waals surface area contributed by atoms with Crippen molar-refractivity contribution in [2.75, 3.05) is 11.2 Å². The van der Waals surface area contributed by atoms with Gasteiger partial charge in [-0.1, -0.05) is 36.4 Å². The van der Waals surface area contributed by atoms with Gasteiger partial charge in [0.05, 0.1) is 0 Å². The molecule has 0 aliphatic carbocycles. The maximum Gasteiger partial charge on any atom is 0.490 e. The van der Waals surface area contributed by atoms with Gasteiger partial charge >= 0.3 is 18.2 Å². The number of alkyl halides is 3. The number of nitrogens with one attached hydrogen (secondary N) is 4. The van der Waals surface area contributed by atoms with Gasteiger partial charge in [-0.25, -0.2) is 19.6 Å². The van der Waals surface area contributed by atoms with Crippen LogP contribution in [0.15, 0.2) is 53.5 Å². The molecule has 0 spiro atoms. The fourth-order valence-electron chi connectivity index (χ4n) is 2.98. The molecule has 0 bridgehead atoms. The molecule has 0 saturated heterocycles. The molecule has 2 heterocycles. The molecule has 0 saturated carbocycles. The van der Waals surface area contributed by atoms with E-state index in [1.807, 2.05) is 30.3 Å². The van der Waals surface area contributed by atoms with E-state index in [9.17, 15) is 27.6 Å². The van der Waals surface area contributed by atoms with E-state index in [4.69, 9.17) is 15.6 Å². The fraction of sp³-hybridized carbons (Fsp3) is 0.250. The second kappa shape index (κ2) is 14.1. The first kappa shape index (κ1) is 31.1. The Balaban J connectivity index is 0.000000708. The van der Waals surface area contributed by atoms with Crippen LogP contribution in [0, 0.1) is 13.8 Å². The maximum atomic E-state index is 12.7. The van der Waals surface area contributed by atoms with E-state index in [0.29, 0.717) is 18.1 Å². The maximum absolute atomic E-state index is 12.7. The summed E-state index contributed by atoms with van der Waals surface area (Å²) in [4.78, 5) is 54.2. The van der Waals surface area contributed by atoms with Crippen LogP contribution in [0.5, 0.6) is 0 Å². The number of urea groups is 1. The molecule has 0 fully saturated rings. The van der Waals surface area contributed by atoms with E-state index in [-0.39, 0.29) is 24.8 Å². The SMILES string of the molecule is Cc1nc(N)ccc1CNC(=O)Cn1c(C)cnc(NNC(=O)NCc2ccccc2)c1=O.O=C(O)C(F)(F)F. The highest BCUT2D eigenvalue weighted by Crippen LogP contribution is 2.13. The molecule has 0 aliphatic rings. The highest BCUT2D eigenvalue weighted by Gasteiger charge is 2.38. The average Bonchev–Trinajstić information content (AvgIpc) is 2.89. The minimum absolute atomic E-state index is 0.109. The third-order valence-corrected chi connectivity index (χ3v) is 5.08. The summed E-state index contributed by atoms with van der Waals surface area (Å²) in [5.74, 6) is -2.82. The highest BCUT2D eigenvalue weighted by atomic mass is 19.4. The van der Waals surface area contributed by atoms with Crippen LogP contribution >= 0.6 is 0 Å². The number of hydrazine groups is 1. The van der Waals surface area contributed by atoms with Gasteiger partial charge in [-0.2, -0.15) is 13.2 Å². The molecule has 0 radical (unpaired) electrons. The second-order valence-corrected chi connectivity index (χ2v) is 8.12. The van der Waals surface area contributed by atoms with E-state index in [1.54, 1.807) is 26.0 Å². The van der Waals surface area contributed by atoms with E-state index >= 15 is 0 Å². The van der Waals surface area contributed by atoms with Crippen LogP contribution in [-0.4, -0.2) is 43.7 Å². The molecular formula is C24H27F3N8O5. The van der Waals surface area contributed by atoms with Gasteiger partial charge in [0.25, 0.3) is 5.56 Å². The Bertz CT molecular complexity index is 1400. The van der Waals surface area contributed by atoms with Crippen molar-refractivity contribution in [2.24, 2.45) is 0 Å². The number of halogens is 3. The van der Waals surface area contributed by atoms with Gasteiger partial charge in [0, 0.05) is 30.7 Å². The zero-order chi connectivity index (χ0) is 29.9. The van der Waals surface area contributed by atoms with Crippen molar-refractivity contribution in [3.8, 4) is 0 Å². The van der Waals surface area contributed by atoms with Crippen molar-refractivity contribution in [3.63, 3.8) is 0 Å². The van der Waals surface area contributed by atoms with Crippen LogP contribution in [0.25, 0.3) is 0 Å². The summed E-state index contributed by atoms with van der Waals surface area (Å²) >= 11 is 0. The number of amides is 3. The Morgan fingerprint density at radius 2 is 1.68 bits per heavy atom. The van der Waals surface area contributed by atoms with Crippen molar-refractivity contribution >= 4 is 29.5 Å². The van der Waals surface area contributed by atoms with Crippen molar-refractivity contribution < 1.29 is 32.7 Å². The molecule has 3 aromatic rings. The summed E-state index contributed by atoms with van der Waals surface area (Å²) in [5, 5.41) is 12.6. The number of carboxylic acids is 1. The molecule has 2 aromatic heterocycles. The van der Waals surface area contributed by atoms with Crippen LogP contribution in [-0.2, 0) is 29.2 Å². The number of hydrogen-bond donors (Lipinski definition) is 6. The lowest BCUT2D eigenvalue weighted by atomic mass is 10.2. The number of aliphatic carboxylic acids is 1. The monoisotopic (exact) mass is 564 g/mol. The zero-order valence-corrected chi connectivity index (χ0v) is 21.4. The molecule has 0 aliphatic heterocycles. The number of rotatable bonds is 8. The van der Waals surface area contributed by atoms with E-state index in [1.165, 1.54) is 10.8 Å². The summed E-state index contributed by atoms with van der Waals surface area (Å²) in [7, 11) is 0. The van der Waals surface area contributed by atoms with Gasteiger partial charge in [-0.05, 0) is 31.0 Å². The third-order valence-electron chi connectivity index (χ3n) is 5.08. The molecule has 40 heavy (non-hydrogen) atoms. The number of aromatic nitrogens is 3. The normalized spacial score (nSPS) is 10.5. The largest absolute Gasteiger partial charge is 0.490 e. The van der Waals surface area contributed by atoms with Crippen molar-refractivity contribution in [1.82, 2.24) is 30.6 Å². The first-order valence-electron chi connectivity index (χ1n) is 11.5. The zero-order valence-electron chi connectivity index (χ0n) is 21.4. The standard InChI is InChI=1S/C22H26N8O3.C2HF3O2/c1-14-10-25-20(28-29-22(33)26-11-16-6-4-3-5-7-16)21(32)30(14)13-19(31)24-12-17-8-9-18(23)27-15(17)2;3-2(4,5)1(6)7/h3-10H,11-13H2,1-2H3,(H2,23,27)(H,24,31)(H,25,28)(H2,26,29,33);(H,6,7).